The van der Waals surface area contributed by atoms with Crippen molar-refractivity contribution in [3.63, 3.8) is 0 Å². The molecule has 0 saturated heterocycles. The second-order valence-electron chi connectivity index (χ2n) is 8.39. The van der Waals surface area contributed by atoms with Gasteiger partial charge in [0.1, 0.15) is 0 Å². The van der Waals surface area contributed by atoms with Gasteiger partial charge in [-0.2, -0.15) is 4.52 Å². The molecule has 30 heavy (non-hydrogen) atoms. The summed E-state index contributed by atoms with van der Waals surface area (Å²) in [5, 5.41) is 13.5. The maximum Gasteiger partial charge on any atom is 0.254 e. The number of tetrazole rings is 1. The Hall–Kier alpha value is -3.28. The molecular formula is C24H25N5O. The van der Waals surface area contributed by atoms with Crippen LogP contribution in [0.4, 0.5) is 0 Å². The molecule has 0 radical (unpaired) electrons. The van der Waals surface area contributed by atoms with E-state index >= 15 is 0 Å². The summed E-state index contributed by atoms with van der Waals surface area (Å²) in [4.78, 5) is 15.6. The molecule has 1 saturated carbocycles. The highest BCUT2D eigenvalue weighted by Gasteiger charge is 2.28. The maximum absolute atomic E-state index is 13.5. The summed E-state index contributed by atoms with van der Waals surface area (Å²) in [6.07, 6.45) is 4.43. The molecule has 1 amide bonds. The van der Waals surface area contributed by atoms with Crippen LogP contribution < -0.4 is 0 Å². The molecule has 2 aromatic heterocycles. The van der Waals surface area contributed by atoms with E-state index in [1.54, 1.807) is 4.52 Å². The average Bonchev–Trinajstić information content (AvgIpc) is 3.43. The molecule has 5 rings (SSSR count). The quantitative estimate of drug-likeness (QED) is 0.508. The number of amides is 1. The Kier molecular flexibility index (Phi) is 4.69. The number of fused-ring (bicyclic) bond motifs is 3. The zero-order chi connectivity index (χ0) is 20.7. The SMILES string of the molecule is Cc1cccc(C(=O)N(Cc2cc3cc(C)ccc3n3nnnc23)C2CCCC2)c1. The lowest BCUT2D eigenvalue weighted by molar-refractivity contribution is 0.0665. The van der Waals surface area contributed by atoms with Crippen molar-refractivity contribution in [1.82, 2.24) is 24.9 Å². The van der Waals surface area contributed by atoms with Crippen LogP contribution in [-0.4, -0.2) is 36.9 Å². The van der Waals surface area contributed by atoms with Gasteiger partial charge in [0.25, 0.3) is 5.91 Å². The second-order valence-corrected chi connectivity index (χ2v) is 8.39. The first-order valence-corrected chi connectivity index (χ1v) is 10.6. The van der Waals surface area contributed by atoms with E-state index in [2.05, 4.69) is 40.6 Å². The number of benzene rings is 2. The van der Waals surface area contributed by atoms with Crippen LogP contribution in [0.2, 0.25) is 0 Å². The van der Waals surface area contributed by atoms with Crippen LogP contribution in [0.5, 0.6) is 0 Å². The molecule has 1 fully saturated rings. The molecule has 0 N–H and O–H groups in total. The van der Waals surface area contributed by atoms with Crippen molar-refractivity contribution in [2.75, 3.05) is 0 Å². The van der Waals surface area contributed by atoms with E-state index < -0.39 is 0 Å². The van der Waals surface area contributed by atoms with Gasteiger partial charge in [0, 0.05) is 22.6 Å². The molecule has 4 aromatic rings. The fourth-order valence-corrected chi connectivity index (χ4v) is 4.61. The predicted molar refractivity (Wildman–Crippen MR) is 116 cm³/mol. The van der Waals surface area contributed by atoms with Crippen molar-refractivity contribution in [2.45, 2.75) is 52.1 Å². The highest BCUT2D eigenvalue weighted by Crippen LogP contribution is 2.29. The van der Waals surface area contributed by atoms with Crippen LogP contribution in [0.25, 0.3) is 16.6 Å². The van der Waals surface area contributed by atoms with Gasteiger partial charge in [-0.15, -0.1) is 5.10 Å². The molecule has 0 spiro atoms. The third kappa shape index (κ3) is 3.32. The standard InChI is InChI=1S/C24H25N5O/c1-16-6-5-7-18(12-16)24(30)28(21-8-3-4-9-21)15-20-14-19-13-17(2)10-11-22(19)29-23(20)25-26-27-29/h5-7,10-14,21H,3-4,8-9,15H2,1-2H3. The van der Waals surface area contributed by atoms with Gasteiger partial charge in [0.15, 0.2) is 5.65 Å². The molecule has 6 heteroatoms. The Morgan fingerprint density at radius 2 is 1.87 bits per heavy atom. The van der Waals surface area contributed by atoms with E-state index in [4.69, 9.17) is 0 Å². The summed E-state index contributed by atoms with van der Waals surface area (Å²) in [5.41, 5.74) is 5.69. The first-order valence-electron chi connectivity index (χ1n) is 10.6. The molecule has 152 valence electrons. The predicted octanol–water partition coefficient (Wildman–Crippen LogP) is 4.48. The molecule has 2 aromatic carbocycles. The van der Waals surface area contributed by atoms with Gasteiger partial charge in [-0.3, -0.25) is 4.79 Å². The van der Waals surface area contributed by atoms with Crippen LogP contribution in [0.1, 0.15) is 52.7 Å². The summed E-state index contributed by atoms with van der Waals surface area (Å²) < 4.78 is 1.79. The highest BCUT2D eigenvalue weighted by atomic mass is 16.2. The van der Waals surface area contributed by atoms with Crippen molar-refractivity contribution in [1.29, 1.82) is 0 Å². The zero-order valence-corrected chi connectivity index (χ0v) is 17.4. The van der Waals surface area contributed by atoms with Crippen molar-refractivity contribution in [2.24, 2.45) is 0 Å². The van der Waals surface area contributed by atoms with Gasteiger partial charge in [-0.25, -0.2) is 0 Å². The van der Waals surface area contributed by atoms with Gasteiger partial charge in [-0.1, -0.05) is 42.2 Å². The molecule has 0 bridgehead atoms. The van der Waals surface area contributed by atoms with Gasteiger partial charge in [-0.05, 0) is 67.4 Å². The van der Waals surface area contributed by atoms with Crippen molar-refractivity contribution in [3.05, 3.63) is 70.8 Å². The van der Waals surface area contributed by atoms with E-state index in [0.29, 0.717) is 12.2 Å². The Morgan fingerprint density at radius 3 is 2.67 bits per heavy atom. The molecule has 0 aliphatic heterocycles. The van der Waals surface area contributed by atoms with Crippen LogP contribution >= 0.6 is 0 Å². The number of aryl methyl sites for hydroxylation is 2. The summed E-state index contributed by atoms with van der Waals surface area (Å²) >= 11 is 0. The molecule has 2 heterocycles. The van der Waals surface area contributed by atoms with E-state index in [9.17, 15) is 4.79 Å². The fourth-order valence-electron chi connectivity index (χ4n) is 4.61. The fraction of sp³-hybridized carbons (Fsp3) is 0.333. The van der Waals surface area contributed by atoms with Crippen molar-refractivity contribution in [3.8, 4) is 0 Å². The van der Waals surface area contributed by atoms with Gasteiger partial charge >= 0.3 is 0 Å². The number of hydrogen-bond acceptors (Lipinski definition) is 4. The minimum absolute atomic E-state index is 0.0839. The summed E-state index contributed by atoms with van der Waals surface area (Å²) in [6, 6.07) is 16.5. The first-order chi connectivity index (χ1) is 14.6. The highest BCUT2D eigenvalue weighted by molar-refractivity contribution is 5.95. The third-order valence-electron chi connectivity index (χ3n) is 6.13. The van der Waals surface area contributed by atoms with Crippen LogP contribution in [-0.2, 0) is 6.54 Å². The summed E-state index contributed by atoms with van der Waals surface area (Å²) in [7, 11) is 0. The number of hydrogen-bond donors (Lipinski definition) is 0. The molecule has 0 atom stereocenters. The van der Waals surface area contributed by atoms with E-state index in [1.807, 2.05) is 42.2 Å². The molecule has 1 aliphatic carbocycles. The topological polar surface area (TPSA) is 63.4 Å². The Bertz CT molecular complexity index is 1240. The van der Waals surface area contributed by atoms with E-state index in [0.717, 1.165) is 40.4 Å². The molecule has 0 unspecified atom stereocenters. The average molecular weight is 399 g/mol. The van der Waals surface area contributed by atoms with Crippen LogP contribution in [0.15, 0.2) is 48.5 Å². The van der Waals surface area contributed by atoms with Gasteiger partial charge in [0.2, 0.25) is 0 Å². The molecule has 6 nitrogen and oxygen atoms in total. The molecule has 1 aliphatic rings. The number of nitrogens with zero attached hydrogens (tertiary/aromatic N) is 5. The number of carbonyl (C=O) groups is 1. The number of pyridine rings is 1. The lowest BCUT2D eigenvalue weighted by Crippen LogP contribution is -2.38. The summed E-state index contributed by atoms with van der Waals surface area (Å²) in [6.45, 7) is 4.61. The number of carbonyl (C=O) groups excluding carboxylic acids is 1. The smallest absolute Gasteiger partial charge is 0.254 e. The van der Waals surface area contributed by atoms with Crippen molar-refractivity contribution < 1.29 is 4.79 Å². The van der Waals surface area contributed by atoms with Crippen LogP contribution in [0.3, 0.4) is 0 Å². The summed E-state index contributed by atoms with van der Waals surface area (Å²) in [5.74, 6) is 0.0839. The Labute approximate surface area is 175 Å². The second kappa shape index (κ2) is 7.52. The minimum atomic E-state index is 0.0839. The lowest BCUT2D eigenvalue weighted by atomic mass is 10.1. The zero-order valence-electron chi connectivity index (χ0n) is 17.4. The first kappa shape index (κ1) is 18.7. The largest absolute Gasteiger partial charge is 0.331 e. The maximum atomic E-state index is 13.5. The van der Waals surface area contributed by atoms with Crippen molar-refractivity contribution >= 4 is 22.5 Å². The third-order valence-corrected chi connectivity index (χ3v) is 6.13. The van der Waals surface area contributed by atoms with Gasteiger partial charge in [0.05, 0.1) is 12.1 Å². The normalized spacial score (nSPS) is 14.6. The van der Waals surface area contributed by atoms with E-state index in [1.165, 1.54) is 18.4 Å². The Balaban J connectivity index is 1.59. The van der Waals surface area contributed by atoms with E-state index in [-0.39, 0.29) is 11.9 Å². The monoisotopic (exact) mass is 399 g/mol. The number of aromatic nitrogens is 4. The lowest BCUT2D eigenvalue weighted by Gasteiger charge is -2.29. The van der Waals surface area contributed by atoms with Gasteiger partial charge < -0.3 is 4.90 Å². The number of rotatable bonds is 4. The Morgan fingerprint density at radius 1 is 1.07 bits per heavy atom. The molecular weight excluding hydrogens is 374 g/mol. The van der Waals surface area contributed by atoms with Crippen LogP contribution in [0, 0.1) is 13.8 Å². The minimum Gasteiger partial charge on any atom is -0.331 e.